The van der Waals surface area contributed by atoms with E-state index in [1.54, 1.807) is 23.8 Å². The molecular weight excluding hydrogens is 344 g/mol. The highest BCUT2D eigenvalue weighted by Crippen LogP contribution is 2.24. The number of phenolic OH excluding ortho intramolecular Hbond substituents is 1. The molecule has 0 fully saturated rings. The first-order valence-electron chi connectivity index (χ1n) is 9.10. The minimum Gasteiger partial charge on any atom is -0.508 e. The van der Waals surface area contributed by atoms with Crippen LogP contribution in [-0.4, -0.2) is 45.2 Å². The molecule has 2 heterocycles. The van der Waals surface area contributed by atoms with Gasteiger partial charge in [0.2, 0.25) is 5.65 Å². The Kier molecular flexibility index (Phi) is 6.08. The third-order valence-electron chi connectivity index (χ3n) is 4.20. The molecule has 2 aromatic heterocycles. The van der Waals surface area contributed by atoms with Crippen molar-refractivity contribution in [3.63, 3.8) is 0 Å². The second-order valence-electron chi connectivity index (χ2n) is 6.65. The SMILES string of the molecule is COCCCNc1cc(NCc2ccccc2O)c2nnc(C(C)C)n2n1. The molecule has 3 rings (SSSR count). The molecule has 3 N–H and O–H groups in total. The Bertz CT molecular complexity index is 893. The largest absolute Gasteiger partial charge is 0.508 e. The summed E-state index contributed by atoms with van der Waals surface area (Å²) in [5.41, 5.74) is 2.28. The van der Waals surface area contributed by atoms with Crippen molar-refractivity contribution in [1.29, 1.82) is 0 Å². The molecule has 8 nitrogen and oxygen atoms in total. The van der Waals surface area contributed by atoms with Gasteiger partial charge in [0.1, 0.15) is 11.6 Å². The number of para-hydroxylation sites is 1. The van der Waals surface area contributed by atoms with Crippen LogP contribution in [0.25, 0.3) is 5.65 Å². The summed E-state index contributed by atoms with van der Waals surface area (Å²) in [7, 11) is 1.69. The number of ether oxygens (including phenoxy) is 1. The van der Waals surface area contributed by atoms with Gasteiger partial charge in [0.15, 0.2) is 5.82 Å². The van der Waals surface area contributed by atoms with Crippen LogP contribution in [0, 0.1) is 0 Å². The molecule has 0 saturated heterocycles. The zero-order chi connectivity index (χ0) is 19.2. The lowest BCUT2D eigenvalue weighted by atomic mass is 10.2. The van der Waals surface area contributed by atoms with E-state index in [1.165, 1.54) is 0 Å². The normalized spacial score (nSPS) is 11.3. The number of phenols is 1. The highest BCUT2D eigenvalue weighted by Gasteiger charge is 2.15. The molecule has 27 heavy (non-hydrogen) atoms. The Balaban J connectivity index is 1.88. The molecule has 0 amide bonds. The quantitative estimate of drug-likeness (QED) is 0.498. The first-order chi connectivity index (χ1) is 13.1. The van der Waals surface area contributed by atoms with Crippen LogP contribution >= 0.6 is 0 Å². The number of fused-ring (bicyclic) bond motifs is 1. The van der Waals surface area contributed by atoms with Crippen LogP contribution in [0.4, 0.5) is 11.5 Å². The summed E-state index contributed by atoms with van der Waals surface area (Å²) in [6, 6.07) is 9.18. The summed E-state index contributed by atoms with van der Waals surface area (Å²) < 4.78 is 6.86. The predicted octanol–water partition coefficient (Wildman–Crippen LogP) is 3.01. The van der Waals surface area contributed by atoms with Crippen LogP contribution in [0.2, 0.25) is 0 Å². The fraction of sp³-hybridized carbons (Fsp3) is 0.421. The standard InChI is InChI=1S/C19H26N6O2/c1-13(2)18-22-23-19-15(21-12-14-7-4-5-8-16(14)26)11-17(24-25(18)19)20-9-6-10-27-3/h4-5,7-8,11,13,21,26H,6,9-10,12H2,1-3H3,(H,20,24). The molecule has 3 aromatic rings. The number of nitrogens with zero attached hydrogens (tertiary/aromatic N) is 4. The maximum absolute atomic E-state index is 9.99. The maximum Gasteiger partial charge on any atom is 0.201 e. The molecule has 0 aliphatic rings. The second kappa shape index (κ2) is 8.68. The minimum absolute atomic E-state index is 0.197. The number of aromatic hydroxyl groups is 1. The van der Waals surface area contributed by atoms with E-state index in [9.17, 15) is 5.11 Å². The predicted molar refractivity (Wildman–Crippen MR) is 105 cm³/mol. The summed E-state index contributed by atoms with van der Waals surface area (Å²) in [4.78, 5) is 0. The summed E-state index contributed by atoms with van der Waals surface area (Å²) in [6.45, 7) is 6.04. The molecule has 0 spiro atoms. The number of aromatic nitrogens is 4. The van der Waals surface area contributed by atoms with E-state index in [-0.39, 0.29) is 11.7 Å². The van der Waals surface area contributed by atoms with Gasteiger partial charge in [-0.3, -0.25) is 0 Å². The van der Waals surface area contributed by atoms with Gasteiger partial charge in [0, 0.05) is 44.4 Å². The van der Waals surface area contributed by atoms with Crippen LogP contribution in [0.1, 0.15) is 37.6 Å². The third kappa shape index (κ3) is 4.46. The summed E-state index contributed by atoms with van der Waals surface area (Å²) in [6.07, 6.45) is 0.885. The molecular formula is C19H26N6O2. The van der Waals surface area contributed by atoms with Crippen LogP contribution < -0.4 is 10.6 Å². The van der Waals surface area contributed by atoms with Gasteiger partial charge >= 0.3 is 0 Å². The van der Waals surface area contributed by atoms with Gasteiger partial charge in [-0.2, -0.15) is 4.52 Å². The lowest BCUT2D eigenvalue weighted by molar-refractivity contribution is 0.197. The number of anilines is 2. The molecule has 144 valence electrons. The number of nitrogens with one attached hydrogen (secondary N) is 2. The van der Waals surface area contributed by atoms with Gasteiger partial charge < -0.3 is 20.5 Å². The maximum atomic E-state index is 9.99. The molecule has 0 radical (unpaired) electrons. The zero-order valence-corrected chi connectivity index (χ0v) is 15.9. The average Bonchev–Trinajstić information content (AvgIpc) is 3.09. The molecule has 8 heteroatoms. The minimum atomic E-state index is 0.197. The van der Waals surface area contributed by atoms with Crippen molar-refractivity contribution in [1.82, 2.24) is 19.8 Å². The van der Waals surface area contributed by atoms with Crippen LogP contribution in [0.15, 0.2) is 30.3 Å². The number of rotatable bonds is 9. The fourth-order valence-corrected chi connectivity index (χ4v) is 2.76. The van der Waals surface area contributed by atoms with E-state index >= 15 is 0 Å². The van der Waals surface area contributed by atoms with Crippen LogP contribution in [0.5, 0.6) is 5.75 Å². The Labute approximate surface area is 158 Å². The first kappa shape index (κ1) is 18.9. The van der Waals surface area contributed by atoms with E-state index in [0.29, 0.717) is 18.8 Å². The second-order valence-corrected chi connectivity index (χ2v) is 6.65. The molecule has 0 aliphatic carbocycles. The monoisotopic (exact) mass is 370 g/mol. The number of hydrogen-bond acceptors (Lipinski definition) is 7. The molecule has 0 unspecified atom stereocenters. The van der Waals surface area contributed by atoms with E-state index in [0.717, 1.165) is 35.9 Å². The van der Waals surface area contributed by atoms with Crippen molar-refractivity contribution in [3.05, 3.63) is 41.7 Å². The highest BCUT2D eigenvalue weighted by atomic mass is 16.5. The Morgan fingerprint density at radius 1 is 1.19 bits per heavy atom. The van der Waals surface area contributed by atoms with E-state index in [4.69, 9.17) is 4.74 Å². The fourth-order valence-electron chi connectivity index (χ4n) is 2.76. The van der Waals surface area contributed by atoms with Gasteiger partial charge in [0.05, 0.1) is 5.69 Å². The first-order valence-corrected chi connectivity index (χ1v) is 9.10. The van der Waals surface area contributed by atoms with Gasteiger partial charge in [-0.15, -0.1) is 15.3 Å². The molecule has 1 aromatic carbocycles. The van der Waals surface area contributed by atoms with Crippen LogP contribution in [-0.2, 0) is 11.3 Å². The highest BCUT2D eigenvalue weighted by molar-refractivity contribution is 5.70. The van der Waals surface area contributed by atoms with Gasteiger partial charge in [0.25, 0.3) is 0 Å². The van der Waals surface area contributed by atoms with E-state index in [1.807, 2.05) is 18.2 Å². The number of methoxy groups -OCH3 is 1. The van der Waals surface area contributed by atoms with Crippen molar-refractivity contribution < 1.29 is 9.84 Å². The topological polar surface area (TPSA) is 96.6 Å². The van der Waals surface area contributed by atoms with E-state index in [2.05, 4.69) is 39.8 Å². The van der Waals surface area contributed by atoms with Gasteiger partial charge in [-0.1, -0.05) is 32.0 Å². The molecule has 0 saturated carbocycles. The Hall–Kier alpha value is -2.87. The lowest BCUT2D eigenvalue weighted by Crippen LogP contribution is -2.11. The van der Waals surface area contributed by atoms with Crippen molar-refractivity contribution in [3.8, 4) is 5.75 Å². The van der Waals surface area contributed by atoms with E-state index < -0.39 is 0 Å². The summed E-state index contributed by atoms with van der Waals surface area (Å²) >= 11 is 0. The summed E-state index contributed by atoms with van der Waals surface area (Å²) in [5.74, 6) is 2.00. The van der Waals surface area contributed by atoms with Crippen molar-refractivity contribution in [2.75, 3.05) is 30.9 Å². The van der Waals surface area contributed by atoms with Crippen molar-refractivity contribution >= 4 is 17.2 Å². The number of benzene rings is 1. The third-order valence-corrected chi connectivity index (χ3v) is 4.20. The molecule has 0 bridgehead atoms. The van der Waals surface area contributed by atoms with Gasteiger partial charge in [-0.05, 0) is 12.5 Å². The summed E-state index contributed by atoms with van der Waals surface area (Å²) in [5, 5.41) is 29.9. The zero-order valence-electron chi connectivity index (χ0n) is 15.9. The smallest absolute Gasteiger partial charge is 0.201 e. The van der Waals surface area contributed by atoms with Crippen molar-refractivity contribution in [2.45, 2.75) is 32.7 Å². The van der Waals surface area contributed by atoms with Crippen LogP contribution in [0.3, 0.4) is 0 Å². The van der Waals surface area contributed by atoms with Gasteiger partial charge in [-0.25, -0.2) is 0 Å². The molecule has 0 atom stereocenters. The lowest BCUT2D eigenvalue weighted by Gasteiger charge is -2.12. The average molecular weight is 370 g/mol. The Morgan fingerprint density at radius 2 is 2.00 bits per heavy atom. The number of hydrogen-bond donors (Lipinski definition) is 3. The van der Waals surface area contributed by atoms with Crippen molar-refractivity contribution in [2.24, 2.45) is 0 Å². The molecule has 0 aliphatic heterocycles. The Morgan fingerprint density at radius 3 is 2.74 bits per heavy atom.